The Hall–Kier alpha value is -3.85. The minimum absolute atomic E-state index is 0.0704. The number of nitrogens with zero attached hydrogens (tertiary/aromatic N) is 2. The number of sulfonamides is 1. The molecule has 3 aromatic rings. The quantitative estimate of drug-likeness (QED) is 0.257. The Morgan fingerprint density at radius 3 is 2.00 bits per heavy atom. The molecule has 0 fully saturated rings. The highest BCUT2D eigenvalue weighted by molar-refractivity contribution is 7.92. The van der Waals surface area contributed by atoms with Gasteiger partial charge in [-0.1, -0.05) is 70.2 Å². The smallest absolute Gasteiger partial charge is 0.264 e. The van der Waals surface area contributed by atoms with E-state index in [2.05, 4.69) is 19.2 Å². The Bertz CT molecular complexity index is 1410. The van der Waals surface area contributed by atoms with Gasteiger partial charge in [0.1, 0.15) is 18.3 Å². The van der Waals surface area contributed by atoms with Crippen molar-refractivity contribution in [2.75, 3.05) is 18.0 Å². The van der Waals surface area contributed by atoms with Crippen molar-refractivity contribution in [3.05, 3.63) is 90.0 Å². The van der Waals surface area contributed by atoms with Gasteiger partial charge in [-0.2, -0.15) is 0 Å². The Labute approximate surface area is 250 Å². The van der Waals surface area contributed by atoms with E-state index in [0.717, 1.165) is 21.9 Å². The zero-order valence-electron chi connectivity index (χ0n) is 25.4. The van der Waals surface area contributed by atoms with Crippen molar-refractivity contribution in [1.29, 1.82) is 0 Å². The van der Waals surface area contributed by atoms with Gasteiger partial charge >= 0.3 is 0 Å². The number of nitrogens with one attached hydrogen (secondary N) is 1. The first-order valence-electron chi connectivity index (χ1n) is 14.4. The van der Waals surface area contributed by atoms with Gasteiger partial charge in [0.2, 0.25) is 11.8 Å². The van der Waals surface area contributed by atoms with Gasteiger partial charge in [0.05, 0.1) is 17.7 Å². The normalized spacial score (nSPS) is 12.8. The molecular weight excluding hydrogens is 550 g/mol. The fraction of sp³-hybridized carbons (Fsp3) is 0.394. The number of ether oxygens (including phenoxy) is 1. The number of hydrogen-bond donors (Lipinski definition) is 1. The van der Waals surface area contributed by atoms with Crippen molar-refractivity contribution in [1.82, 2.24) is 10.2 Å². The lowest BCUT2D eigenvalue weighted by atomic mass is 10.0. The summed E-state index contributed by atoms with van der Waals surface area (Å²) in [6.07, 6.45) is 1.10. The number of anilines is 1. The maximum atomic E-state index is 14.2. The first-order chi connectivity index (χ1) is 20.0. The molecule has 8 nitrogen and oxygen atoms in total. The summed E-state index contributed by atoms with van der Waals surface area (Å²) in [6, 6.07) is 21.7. The molecule has 0 saturated carbocycles. The molecule has 0 aliphatic heterocycles. The molecule has 0 saturated heterocycles. The number of benzene rings is 3. The van der Waals surface area contributed by atoms with Crippen molar-refractivity contribution in [2.24, 2.45) is 0 Å². The summed E-state index contributed by atoms with van der Waals surface area (Å²) < 4.78 is 34.3. The van der Waals surface area contributed by atoms with Crippen LogP contribution in [0.3, 0.4) is 0 Å². The minimum atomic E-state index is -4.10. The van der Waals surface area contributed by atoms with Gasteiger partial charge in [-0.25, -0.2) is 8.42 Å². The highest BCUT2D eigenvalue weighted by Crippen LogP contribution is 2.27. The predicted molar refractivity (Wildman–Crippen MR) is 167 cm³/mol. The van der Waals surface area contributed by atoms with Crippen LogP contribution < -0.4 is 14.4 Å². The van der Waals surface area contributed by atoms with Gasteiger partial charge in [-0.15, -0.1) is 0 Å². The van der Waals surface area contributed by atoms with E-state index in [1.165, 1.54) is 17.0 Å². The van der Waals surface area contributed by atoms with Crippen LogP contribution in [0.2, 0.25) is 0 Å². The fourth-order valence-electron chi connectivity index (χ4n) is 4.56. The molecule has 226 valence electrons. The summed E-state index contributed by atoms with van der Waals surface area (Å²) in [7, 11) is -2.53. The van der Waals surface area contributed by atoms with Crippen LogP contribution in [-0.2, 0) is 26.2 Å². The third-order valence-corrected chi connectivity index (χ3v) is 9.14. The third-order valence-electron chi connectivity index (χ3n) is 7.36. The Morgan fingerprint density at radius 2 is 1.48 bits per heavy atom. The van der Waals surface area contributed by atoms with E-state index in [1.807, 2.05) is 45.0 Å². The Kier molecular flexibility index (Phi) is 11.6. The van der Waals surface area contributed by atoms with Gasteiger partial charge in [0.15, 0.2) is 0 Å². The lowest BCUT2D eigenvalue weighted by molar-refractivity contribution is -0.140. The lowest BCUT2D eigenvalue weighted by Gasteiger charge is -2.33. The number of methoxy groups -OCH3 is 1. The van der Waals surface area contributed by atoms with Crippen LogP contribution in [-0.4, -0.2) is 50.9 Å². The molecule has 3 rings (SSSR count). The molecule has 2 amide bonds. The van der Waals surface area contributed by atoms with Crippen LogP contribution >= 0.6 is 0 Å². The summed E-state index contributed by atoms with van der Waals surface area (Å²) in [5.74, 6) is 0.175. The minimum Gasteiger partial charge on any atom is -0.497 e. The van der Waals surface area contributed by atoms with E-state index in [9.17, 15) is 18.0 Å². The molecule has 0 spiro atoms. The predicted octanol–water partition coefficient (Wildman–Crippen LogP) is 5.74. The number of carbonyl (C=O) groups excluding carboxylic acids is 2. The molecule has 1 N–H and O–H groups in total. The van der Waals surface area contributed by atoms with Crippen molar-refractivity contribution in [2.45, 2.75) is 76.9 Å². The summed E-state index contributed by atoms with van der Waals surface area (Å²) in [4.78, 5) is 29.1. The second-order valence-corrected chi connectivity index (χ2v) is 12.5. The van der Waals surface area contributed by atoms with Crippen molar-refractivity contribution < 1.29 is 22.7 Å². The zero-order chi connectivity index (χ0) is 30.9. The van der Waals surface area contributed by atoms with E-state index in [0.29, 0.717) is 17.9 Å². The lowest BCUT2D eigenvalue weighted by Crippen LogP contribution is -2.53. The molecule has 9 heteroatoms. The zero-order valence-corrected chi connectivity index (χ0v) is 26.2. The summed E-state index contributed by atoms with van der Waals surface area (Å²) in [5, 5.41) is 2.99. The largest absolute Gasteiger partial charge is 0.497 e. The maximum absolute atomic E-state index is 14.2. The molecule has 0 bridgehead atoms. The van der Waals surface area contributed by atoms with Gasteiger partial charge in [0.25, 0.3) is 10.0 Å². The second kappa shape index (κ2) is 14.9. The molecule has 0 unspecified atom stereocenters. The molecule has 0 heterocycles. The van der Waals surface area contributed by atoms with Crippen LogP contribution in [0.5, 0.6) is 5.75 Å². The highest BCUT2D eigenvalue weighted by Gasteiger charge is 2.34. The number of rotatable bonds is 14. The summed E-state index contributed by atoms with van der Waals surface area (Å²) >= 11 is 0. The maximum Gasteiger partial charge on any atom is 0.264 e. The van der Waals surface area contributed by atoms with Gasteiger partial charge in [-0.3, -0.25) is 13.9 Å². The van der Waals surface area contributed by atoms with E-state index in [1.54, 1.807) is 49.6 Å². The van der Waals surface area contributed by atoms with Gasteiger partial charge in [-0.05, 0) is 73.2 Å². The van der Waals surface area contributed by atoms with E-state index >= 15 is 0 Å². The van der Waals surface area contributed by atoms with Crippen molar-refractivity contribution in [3.63, 3.8) is 0 Å². The first-order valence-corrected chi connectivity index (χ1v) is 15.9. The van der Waals surface area contributed by atoms with Gasteiger partial charge in [0, 0.05) is 12.6 Å². The molecule has 0 aromatic heterocycles. The second-order valence-electron chi connectivity index (χ2n) is 10.7. The van der Waals surface area contributed by atoms with E-state index in [4.69, 9.17) is 4.74 Å². The summed E-state index contributed by atoms with van der Waals surface area (Å²) in [5.41, 5.74) is 2.21. The molecule has 0 aliphatic carbocycles. The monoisotopic (exact) mass is 593 g/mol. The first kappa shape index (κ1) is 32.7. The molecule has 42 heavy (non-hydrogen) atoms. The molecule has 0 aliphatic rings. The SMILES string of the molecule is CC[C@H](C(=O)N[C@@H](C)CC)N(Cc1ccc(OC)cc1)C(=O)CN(c1ccc(C(C)C)cc1)S(=O)(=O)c1ccccc1. The third kappa shape index (κ3) is 8.12. The van der Waals surface area contributed by atoms with Crippen LogP contribution in [0.1, 0.15) is 64.5 Å². The average molecular weight is 594 g/mol. The number of carbonyl (C=O) groups is 2. The van der Waals surface area contributed by atoms with Crippen molar-refractivity contribution >= 4 is 27.5 Å². The fourth-order valence-corrected chi connectivity index (χ4v) is 6.00. The molecule has 0 radical (unpaired) electrons. The van der Waals surface area contributed by atoms with Crippen LogP contribution in [0.4, 0.5) is 5.69 Å². The average Bonchev–Trinajstić information content (AvgIpc) is 3.00. The van der Waals surface area contributed by atoms with Crippen molar-refractivity contribution in [3.8, 4) is 5.75 Å². The van der Waals surface area contributed by atoms with Crippen LogP contribution in [0, 0.1) is 0 Å². The molecular formula is C33H43N3O5S. The number of hydrogen-bond acceptors (Lipinski definition) is 5. The molecule has 3 aromatic carbocycles. The Balaban J connectivity index is 2.05. The van der Waals surface area contributed by atoms with E-state index in [-0.39, 0.29) is 29.3 Å². The molecule has 2 atom stereocenters. The Morgan fingerprint density at radius 1 is 0.857 bits per heavy atom. The van der Waals surface area contributed by atoms with Crippen LogP contribution in [0.15, 0.2) is 83.8 Å². The highest BCUT2D eigenvalue weighted by atomic mass is 32.2. The van der Waals surface area contributed by atoms with Crippen LogP contribution in [0.25, 0.3) is 0 Å². The standard InChI is InChI=1S/C33H43N3O5S/c1-7-25(5)34-33(38)31(8-2)35(22-26-14-20-29(41-6)21-15-26)32(37)23-36(28-18-16-27(17-19-28)24(3)4)42(39,40)30-12-10-9-11-13-30/h9-21,24-25,31H,7-8,22-23H2,1-6H3,(H,34,38)/t25-,31+/m0/s1. The summed E-state index contributed by atoms with van der Waals surface area (Å²) in [6.45, 7) is 9.51. The topological polar surface area (TPSA) is 96.0 Å². The van der Waals surface area contributed by atoms with E-state index < -0.39 is 28.5 Å². The number of amides is 2. The van der Waals surface area contributed by atoms with Gasteiger partial charge < -0.3 is 15.0 Å².